The molecule has 0 saturated heterocycles. The first-order valence-electron chi connectivity index (χ1n) is 21.3. The summed E-state index contributed by atoms with van der Waals surface area (Å²) in [7, 11) is 0.851. The molecule has 0 bridgehead atoms. The summed E-state index contributed by atoms with van der Waals surface area (Å²) in [5.74, 6) is 0. The lowest BCUT2D eigenvalue weighted by molar-refractivity contribution is 0.332. The van der Waals surface area contributed by atoms with Crippen molar-refractivity contribution in [3.8, 4) is 22.5 Å². The fraction of sp³-hybridized carbons (Fsp3) is 0.164. The van der Waals surface area contributed by atoms with E-state index in [-0.39, 0.29) is 10.8 Å². The van der Waals surface area contributed by atoms with Crippen LogP contribution in [-0.2, 0) is 10.8 Å². The maximum Gasteiger partial charge on any atom is 0.198 e. The number of nitrogens with zero attached hydrogens (tertiary/aromatic N) is 2. The van der Waals surface area contributed by atoms with Crippen molar-refractivity contribution in [3.63, 3.8) is 0 Å². The third kappa shape index (κ3) is 4.96. The molecule has 4 heteroatoms. The molecule has 0 spiro atoms. The SMILES string of the molecule is Cc1cc2c(cc1Nc1cc3c4ccccc4n(-c4ccccc4)c3cc1-c1c3c(cc4ccccc14)-n1c4ccccc4c4cccc(c41)B3)C(C)(C)CCC2(C)C. The van der Waals surface area contributed by atoms with Crippen LogP contribution in [-0.4, -0.2) is 16.4 Å². The number of aromatic nitrogens is 2. The molecule has 0 atom stereocenters. The van der Waals surface area contributed by atoms with Crippen molar-refractivity contribution >= 4 is 84.0 Å². The zero-order chi connectivity index (χ0) is 39.8. The van der Waals surface area contributed by atoms with E-state index in [0.29, 0.717) is 0 Å². The maximum atomic E-state index is 4.18. The quantitative estimate of drug-likeness (QED) is 0.177. The lowest BCUT2D eigenvalue weighted by Gasteiger charge is -2.42. The van der Waals surface area contributed by atoms with E-state index in [1.807, 2.05) is 0 Å². The zero-order valence-corrected chi connectivity index (χ0v) is 34.4. The van der Waals surface area contributed by atoms with Gasteiger partial charge in [0.2, 0.25) is 0 Å². The van der Waals surface area contributed by atoms with Crippen LogP contribution >= 0.6 is 0 Å². The standard InChI is InChI=1S/C55H46BN3/c1-33-28-42-43(55(4,5)27-26-54(42,2)3)32-45(33)57-46-30-40-38-21-12-13-24-47(38)58(35-17-7-6-8-18-35)49(40)31-41(46)51-36-19-10-9-16-34(36)29-50-52(51)56-44-23-15-22-39-37-20-11-14-25-48(37)59(50)53(39)44/h6-25,28-32,56-57H,26-27H2,1-5H3. The number of nitrogens with one attached hydrogen (secondary N) is 1. The predicted octanol–water partition coefficient (Wildman–Crippen LogP) is 12.8. The zero-order valence-electron chi connectivity index (χ0n) is 34.4. The summed E-state index contributed by atoms with van der Waals surface area (Å²) in [6.07, 6.45) is 2.38. The van der Waals surface area contributed by atoms with Gasteiger partial charge in [0.1, 0.15) is 0 Å². The number of aryl methyl sites for hydroxylation is 1. The summed E-state index contributed by atoms with van der Waals surface area (Å²) in [5, 5.41) is 11.8. The average Bonchev–Trinajstić information content (AvgIpc) is 3.76. The van der Waals surface area contributed by atoms with E-state index in [4.69, 9.17) is 0 Å². The van der Waals surface area contributed by atoms with E-state index < -0.39 is 0 Å². The highest BCUT2D eigenvalue weighted by molar-refractivity contribution is 6.74. The van der Waals surface area contributed by atoms with Gasteiger partial charge in [-0.15, -0.1) is 0 Å². The lowest BCUT2D eigenvalue weighted by Crippen LogP contribution is -2.37. The summed E-state index contributed by atoms with van der Waals surface area (Å²) in [5.41, 5.74) is 19.5. The Labute approximate surface area is 346 Å². The van der Waals surface area contributed by atoms with Crippen LogP contribution in [0.4, 0.5) is 11.4 Å². The summed E-state index contributed by atoms with van der Waals surface area (Å²) in [6, 6.07) is 57.0. The summed E-state index contributed by atoms with van der Waals surface area (Å²) < 4.78 is 5.02. The molecule has 8 aromatic carbocycles. The Morgan fingerprint density at radius 2 is 1.15 bits per heavy atom. The summed E-state index contributed by atoms with van der Waals surface area (Å²) >= 11 is 0. The van der Waals surface area contributed by atoms with Crippen LogP contribution in [0.25, 0.3) is 76.9 Å². The van der Waals surface area contributed by atoms with E-state index in [0.717, 1.165) is 18.7 Å². The van der Waals surface area contributed by atoms with Gasteiger partial charge in [-0.25, -0.2) is 0 Å². The molecule has 3 nitrogen and oxygen atoms in total. The molecule has 0 fully saturated rings. The van der Waals surface area contributed by atoms with Crippen molar-refractivity contribution in [2.45, 2.75) is 58.3 Å². The average molecular weight is 760 g/mol. The first kappa shape index (κ1) is 34.5. The monoisotopic (exact) mass is 759 g/mol. The largest absolute Gasteiger partial charge is 0.355 e. The van der Waals surface area contributed by atoms with Crippen LogP contribution in [0, 0.1) is 6.92 Å². The van der Waals surface area contributed by atoms with Crippen LogP contribution in [0.1, 0.15) is 57.2 Å². The molecule has 59 heavy (non-hydrogen) atoms. The van der Waals surface area contributed by atoms with Crippen LogP contribution in [0.15, 0.2) is 152 Å². The van der Waals surface area contributed by atoms with E-state index in [1.54, 1.807) is 0 Å². The third-order valence-corrected chi connectivity index (χ3v) is 14.1. The van der Waals surface area contributed by atoms with Crippen molar-refractivity contribution in [2.24, 2.45) is 0 Å². The molecule has 1 aliphatic heterocycles. The van der Waals surface area contributed by atoms with Crippen molar-refractivity contribution in [1.29, 1.82) is 0 Å². The molecule has 0 saturated carbocycles. The molecule has 0 amide bonds. The Morgan fingerprint density at radius 3 is 1.92 bits per heavy atom. The molecule has 2 aliphatic rings. The van der Waals surface area contributed by atoms with Crippen LogP contribution in [0.5, 0.6) is 0 Å². The van der Waals surface area contributed by atoms with Crippen molar-refractivity contribution in [1.82, 2.24) is 9.13 Å². The maximum absolute atomic E-state index is 4.18. The molecule has 0 radical (unpaired) electrons. The first-order chi connectivity index (χ1) is 28.7. The Balaban J connectivity index is 1.20. The second-order valence-electron chi connectivity index (χ2n) is 18.5. The summed E-state index contributed by atoms with van der Waals surface area (Å²) in [6.45, 7) is 12.0. The van der Waals surface area contributed by atoms with Gasteiger partial charge in [0.15, 0.2) is 7.28 Å². The molecule has 0 unspecified atom stereocenters. The number of fused-ring (bicyclic) bond motifs is 10. The predicted molar refractivity (Wildman–Crippen MR) is 254 cm³/mol. The highest BCUT2D eigenvalue weighted by Crippen LogP contribution is 2.49. The number of benzene rings is 8. The molecular weight excluding hydrogens is 713 g/mol. The minimum atomic E-state index is 0.0951. The fourth-order valence-corrected chi connectivity index (χ4v) is 10.9. The Bertz CT molecular complexity index is 3400. The molecule has 12 rings (SSSR count). The van der Waals surface area contributed by atoms with Crippen molar-refractivity contribution in [2.75, 3.05) is 5.32 Å². The van der Waals surface area contributed by atoms with Gasteiger partial charge < -0.3 is 14.5 Å². The number of hydrogen-bond acceptors (Lipinski definition) is 1. The molecule has 3 heterocycles. The highest BCUT2D eigenvalue weighted by Gasteiger charge is 2.38. The van der Waals surface area contributed by atoms with E-state index in [2.05, 4.69) is 201 Å². The molecule has 284 valence electrons. The van der Waals surface area contributed by atoms with Crippen LogP contribution in [0.2, 0.25) is 0 Å². The third-order valence-electron chi connectivity index (χ3n) is 14.1. The smallest absolute Gasteiger partial charge is 0.198 e. The topological polar surface area (TPSA) is 21.9 Å². The highest BCUT2D eigenvalue weighted by atomic mass is 15.0. The second kappa shape index (κ2) is 12.3. The lowest BCUT2D eigenvalue weighted by atomic mass is 9.58. The number of hydrogen-bond donors (Lipinski definition) is 1. The molecule has 1 aliphatic carbocycles. The van der Waals surface area contributed by atoms with Gasteiger partial charge in [0.05, 0.1) is 16.6 Å². The van der Waals surface area contributed by atoms with Crippen LogP contribution in [0.3, 0.4) is 0 Å². The number of rotatable bonds is 4. The number of anilines is 2. The fourth-order valence-electron chi connectivity index (χ4n) is 10.9. The molecule has 1 N–H and O–H groups in total. The molecule has 10 aromatic rings. The van der Waals surface area contributed by atoms with E-state index >= 15 is 0 Å². The first-order valence-corrected chi connectivity index (χ1v) is 21.3. The van der Waals surface area contributed by atoms with Gasteiger partial charge in [-0.05, 0) is 118 Å². The van der Waals surface area contributed by atoms with Crippen LogP contribution < -0.4 is 16.2 Å². The normalized spacial score (nSPS) is 15.1. The van der Waals surface area contributed by atoms with Gasteiger partial charge in [-0.3, -0.25) is 0 Å². The second-order valence-corrected chi connectivity index (χ2v) is 18.5. The number of para-hydroxylation sites is 4. The van der Waals surface area contributed by atoms with Gasteiger partial charge >= 0.3 is 0 Å². The van der Waals surface area contributed by atoms with E-state index in [9.17, 15) is 0 Å². The Morgan fingerprint density at radius 1 is 0.525 bits per heavy atom. The summed E-state index contributed by atoms with van der Waals surface area (Å²) in [4.78, 5) is 0. The molecular formula is C55H46BN3. The minimum absolute atomic E-state index is 0.0951. The van der Waals surface area contributed by atoms with Crippen molar-refractivity contribution in [3.05, 3.63) is 168 Å². The Kier molecular flexibility index (Phi) is 7.17. The van der Waals surface area contributed by atoms with Gasteiger partial charge in [0, 0.05) is 55.4 Å². The van der Waals surface area contributed by atoms with Gasteiger partial charge in [-0.1, -0.05) is 136 Å². The van der Waals surface area contributed by atoms with E-state index in [1.165, 1.54) is 117 Å². The minimum Gasteiger partial charge on any atom is -0.355 e. The van der Waals surface area contributed by atoms with Gasteiger partial charge in [0.25, 0.3) is 0 Å². The van der Waals surface area contributed by atoms with Gasteiger partial charge in [-0.2, -0.15) is 0 Å². The molecule has 2 aromatic heterocycles. The Hall–Kier alpha value is -6.52. The van der Waals surface area contributed by atoms with Crippen molar-refractivity contribution < 1.29 is 0 Å².